The van der Waals surface area contributed by atoms with Crippen molar-refractivity contribution >= 4 is 38.9 Å². The van der Waals surface area contributed by atoms with E-state index in [1.54, 1.807) is 18.2 Å². The first-order chi connectivity index (χ1) is 12.3. The van der Waals surface area contributed by atoms with Crippen molar-refractivity contribution in [1.82, 2.24) is 0 Å². The summed E-state index contributed by atoms with van der Waals surface area (Å²) in [5, 5.41) is 3.10. The fraction of sp³-hybridized carbons (Fsp3) is 0.316. The Balaban J connectivity index is 1.85. The summed E-state index contributed by atoms with van der Waals surface area (Å²) in [6.45, 7) is 4.31. The van der Waals surface area contributed by atoms with E-state index in [1.807, 2.05) is 32.0 Å². The molecule has 1 N–H and O–H groups in total. The van der Waals surface area contributed by atoms with Gasteiger partial charge in [-0.05, 0) is 62.1 Å². The quantitative estimate of drug-likeness (QED) is 0.853. The lowest BCUT2D eigenvalue weighted by atomic mass is 10.1. The molecule has 0 aliphatic carbocycles. The van der Waals surface area contributed by atoms with Crippen molar-refractivity contribution in [3.63, 3.8) is 0 Å². The molecule has 1 amide bonds. The molecule has 0 saturated carbocycles. The van der Waals surface area contributed by atoms with Crippen molar-refractivity contribution in [2.24, 2.45) is 0 Å². The molecule has 2 aromatic carbocycles. The number of hydrogen-bond donors (Lipinski definition) is 1. The Morgan fingerprint density at radius 2 is 1.88 bits per heavy atom. The number of carbonyl (C=O) groups is 1. The second-order valence-electron chi connectivity index (χ2n) is 6.53. The zero-order chi connectivity index (χ0) is 18.9. The van der Waals surface area contributed by atoms with Gasteiger partial charge in [0, 0.05) is 12.2 Å². The second kappa shape index (κ2) is 7.29. The van der Waals surface area contributed by atoms with Crippen molar-refractivity contribution in [1.29, 1.82) is 0 Å². The molecule has 0 aromatic heterocycles. The van der Waals surface area contributed by atoms with Crippen molar-refractivity contribution in [3.8, 4) is 0 Å². The monoisotopic (exact) mass is 392 g/mol. The van der Waals surface area contributed by atoms with E-state index in [0.29, 0.717) is 24.2 Å². The van der Waals surface area contributed by atoms with Crippen molar-refractivity contribution in [2.45, 2.75) is 26.7 Å². The second-order valence-corrected chi connectivity index (χ2v) is 8.95. The largest absolute Gasteiger partial charge is 0.322 e. The van der Waals surface area contributed by atoms with Crippen molar-refractivity contribution in [3.05, 3.63) is 58.1 Å². The van der Waals surface area contributed by atoms with Crippen LogP contribution in [0.2, 0.25) is 5.02 Å². The summed E-state index contributed by atoms with van der Waals surface area (Å²) >= 11 is 6.29. The number of hydrogen-bond acceptors (Lipinski definition) is 3. The van der Waals surface area contributed by atoms with Crippen LogP contribution in [-0.2, 0) is 10.0 Å². The van der Waals surface area contributed by atoms with Crippen LogP contribution in [-0.4, -0.2) is 26.6 Å². The minimum absolute atomic E-state index is 0.138. The Labute approximate surface area is 159 Å². The molecule has 1 fully saturated rings. The third-order valence-electron chi connectivity index (χ3n) is 4.48. The molecule has 3 rings (SSSR count). The Bertz CT molecular complexity index is 957. The maximum absolute atomic E-state index is 12.6. The van der Waals surface area contributed by atoms with Gasteiger partial charge in [0.15, 0.2) is 0 Å². The lowest BCUT2D eigenvalue weighted by Crippen LogP contribution is -2.37. The SMILES string of the molecule is Cc1ccc(C)c(NC(=O)c2ccc(N3CCCCS3(=O)=O)cc2Cl)c1. The highest BCUT2D eigenvalue weighted by Crippen LogP contribution is 2.29. The molecule has 1 saturated heterocycles. The average molecular weight is 393 g/mol. The summed E-state index contributed by atoms with van der Waals surface area (Å²) in [6.07, 6.45) is 1.48. The first-order valence-electron chi connectivity index (χ1n) is 8.46. The van der Waals surface area contributed by atoms with Gasteiger partial charge in [-0.25, -0.2) is 8.42 Å². The molecule has 0 unspecified atom stereocenters. The van der Waals surface area contributed by atoms with E-state index in [4.69, 9.17) is 11.6 Å². The zero-order valence-electron chi connectivity index (χ0n) is 14.8. The summed E-state index contributed by atoms with van der Waals surface area (Å²) in [5.41, 5.74) is 3.54. The summed E-state index contributed by atoms with van der Waals surface area (Å²) in [7, 11) is -3.31. The van der Waals surface area contributed by atoms with E-state index in [0.717, 1.165) is 23.2 Å². The van der Waals surface area contributed by atoms with Gasteiger partial charge in [0.25, 0.3) is 5.91 Å². The van der Waals surface area contributed by atoms with Crippen LogP contribution in [0.15, 0.2) is 36.4 Å². The normalized spacial score (nSPS) is 16.3. The molecule has 0 bridgehead atoms. The number of aryl methyl sites for hydroxylation is 2. The maximum atomic E-state index is 12.6. The summed E-state index contributed by atoms with van der Waals surface area (Å²) in [5.74, 6) is -0.184. The smallest absolute Gasteiger partial charge is 0.257 e. The number of nitrogens with one attached hydrogen (secondary N) is 1. The van der Waals surface area contributed by atoms with E-state index < -0.39 is 10.0 Å². The topological polar surface area (TPSA) is 66.5 Å². The van der Waals surface area contributed by atoms with Crippen molar-refractivity contribution < 1.29 is 13.2 Å². The minimum atomic E-state index is -3.31. The number of benzene rings is 2. The van der Waals surface area contributed by atoms with Crippen LogP contribution in [0.3, 0.4) is 0 Å². The number of carbonyl (C=O) groups excluding carboxylic acids is 1. The Hall–Kier alpha value is -2.05. The predicted molar refractivity (Wildman–Crippen MR) is 106 cm³/mol. The van der Waals surface area contributed by atoms with Crippen LogP contribution in [0.5, 0.6) is 0 Å². The van der Waals surface area contributed by atoms with Crippen molar-refractivity contribution in [2.75, 3.05) is 21.9 Å². The Kier molecular flexibility index (Phi) is 5.25. The lowest BCUT2D eigenvalue weighted by molar-refractivity contribution is 0.102. The van der Waals surface area contributed by atoms with E-state index in [9.17, 15) is 13.2 Å². The standard InChI is InChI=1S/C19H21ClN2O3S/c1-13-5-6-14(2)18(11-13)21-19(23)16-8-7-15(12-17(16)20)22-9-3-4-10-26(22,24)25/h5-8,11-12H,3-4,9-10H2,1-2H3,(H,21,23). The summed E-state index contributed by atoms with van der Waals surface area (Å²) in [6, 6.07) is 10.6. The molecular formula is C19H21ClN2O3S. The van der Waals surface area contributed by atoms with Gasteiger partial charge in [0.1, 0.15) is 0 Å². The Morgan fingerprint density at radius 1 is 1.12 bits per heavy atom. The number of rotatable bonds is 3. The van der Waals surface area contributed by atoms with Crippen LogP contribution in [0.1, 0.15) is 34.3 Å². The molecule has 1 aliphatic heterocycles. The van der Waals surface area contributed by atoms with E-state index in [-0.39, 0.29) is 16.7 Å². The van der Waals surface area contributed by atoms with Crippen LogP contribution >= 0.6 is 11.6 Å². The molecule has 0 spiro atoms. The van der Waals surface area contributed by atoms with Crippen LogP contribution in [0.25, 0.3) is 0 Å². The van der Waals surface area contributed by atoms with Crippen LogP contribution < -0.4 is 9.62 Å². The Morgan fingerprint density at radius 3 is 2.58 bits per heavy atom. The molecule has 1 aliphatic rings. The molecule has 0 atom stereocenters. The molecule has 26 heavy (non-hydrogen) atoms. The maximum Gasteiger partial charge on any atom is 0.257 e. The molecule has 5 nitrogen and oxygen atoms in total. The first-order valence-corrected chi connectivity index (χ1v) is 10.5. The third-order valence-corrected chi connectivity index (χ3v) is 6.66. The zero-order valence-corrected chi connectivity index (χ0v) is 16.3. The van der Waals surface area contributed by atoms with Gasteiger partial charge in [0.2, 0.25) is 10.0 Å². The third kappa shape index (κ3) is 3.86. The van der Waals surface area contributed by atoms with E-state index in [1.165, 1.54) is 4.31 Å². The summed E-state index contributed by atoms with van der Waals surface area (Å²) in [4.78, 5) is 12.6. The molecule has 138 valence electrons. The fourth-order valence-electron chi connectivity index (χ4n) is 2.98. The van der Waals surface area contributed by atoms with Gasteiger partial charge < -0.3 is 5.32 Å². The predicted octanol–water partition coefficient (Wildman–Crippen LogP) is 4.14. The van der Waals surface area contributed by atoms with Crippen LogP contribution in [0.4, 0.5) is 11.4 Å². The van der Waals surface area contributed by atoms with E-state index in [2.05, 4.69) is 5.32 Å². The van der Waals surface area contributed by atoms with Gasteiger partial charge in [-0.15, -0.1) is 0 Å². The van der Waals surface area contributed by atoms with Gasteiger partial charge in [-0.3, -0.25) is 9.10 Å². The number of sulfonamides is 1. The molecule has 2 aromatic rings. The molecule has 1 heterocycles. The molecule has 0 radical (unpaired) electrons. The highest BCUT2D eigenvalue weighted by Gasteiger charge is 2.26. The number of halogens is 1. The van der Waals surface area contributed by atoms with Crippen LogP contribution in [0, 0.1) is 13.8 Å². The number of amides is 1. The first kappa shape index (κ1) is 18.7. The molecular weight excluding hydrogens is 372 g/mol. The van der Waals surface area contributed by atoms with Gasteiger partial charge in [-0.1, -0.05) is 23.7 Å². The van der Waals surface area contributed by atoms with Gasteiger partial charge in [0.05, 0.1) is 22.0 Å². The average Bonchev–Trinajstić information content (AvgIpc) is 2.57. The van der Waals surface area contributed by atoms with E-state index >= 15 is 0 Å². The molecule has 7 heteroatoms. The van der Waals surface area contributed by atoms with Gasteiger partial charge >= 0.3 is 0 Å². The number of anilines is 2. The van der Waals surface area contributed by atoms with Gasteiger partial charge in [-0.2, -0.15) is 0 Å². The highest BCUT2D eigenvalue weighted by atomic mass is 35.5. The fourth-order valence-corrected chi connectivity index (χ4v) is 4.87. The number of nitrogens with zero attached hydrogens (tertiary/aromatic N) is 1. The lowest BCUT2D eigenvalue weighted by Gasteiger charge is -2.28. The minimum Gasteiger partial charge on any atom is -0.322 e. The highest BCUT2D eigenvalue weighted by molar-refractivity contribution is 7.92. The summed E-state index contributed by atoms with van der Waals surface area (Å²) < 4.78 is 25.8.